The summed E-state index contributed by atoms with van der Waals surface area (Å²) in [6.45, 7) is 11.8. The highest BCUT2D eigenvalue weighted by Crippen LogP contribution is 2.36. The van der Waals surface area contributed by atoms with Crippen LogP contribution in [-0.4, -0.2) is 21.2 Å². The molecule has 0 saturated carbocycles. The van der Waals surface area contributed by atoms with Gasteiger partial charge in [-0.2, -0.15) is 0 Å². The summed E-state index contributed by atoms with van der Waals surface area (Å²) in [5.41, 5.74) is 8.08. The number of anilines is 1. The first-order valence-corrected chi connectivity index (χ1v) is 9.56. The van der Waals surface area contributed by atoms with Crippen LogP contribution < -0.4 is 5.73 Å². The van der Waals surface area contributed by atoms with Crippen LogP contribution >= 0.6 is 0 Å². The van der Waals surface area contributed by atoms with E-state index in [0.717, 1.165) is 18.3 Å². The Hall–Kier alpha value is -1.13. The molecule has 0 saturated heterocycles. The number of hydrogen-bond acceptors (Lipinski definition) is 3. The third-order valence-corrected chi connectivity index (χ3v) is 8.54. The topological polar surface area (TPSA) is 52.3 Å². The van der Waals surface area contributed by atoms with Crippen molar-refractivity contribution in [2.45, 2.75) is 45.3 Å². The Bertz CT molecular complexity index is 450. The van der Waals surface area contributed by atoms with Crippen LogP contribution in [0.2, 0.25) is 18.1 Å². The molecule has 0 aliphatic rings. The Morgan fingerprint density at radius 1 is 1.32 bits per heavy atom. The molecule has 0 heterocycles. The number of carbonyl (C=O) groups excluding carboxylic acids is 1. The molecule has 0 aliphatic carbocycles. The molecule has 1 aromatic carbocycles. The Labute approximate surface area is 117 Å². The summed E-state index contributed by atoms with van der Waals surface area (Å²) in [6.07, 6.45) is 1.55. The number of para-hydroxylation sites is 1. The highest BCUT2D eigenvalue weighted by molar-refractivity contribution is 6.74. The molecule has 0 bridgehead atoms. The number of hydrogen-bond donors (Lipinski definition) is 1. The molecular weight excluding hydrogens is 254 g/mol. The van der Waals surface area contributed by atoms with Gasteiger partial charge in [-0.1, -0.05) is 32.9 Å². The van der Waals surface area contributed by atoms with Gasteiger partial charge in [-0.3, -0.25) is 4.79 Å². The van der Waals surface area contributed by atoms with Crippen LogP contribution in [0.15, 0.2) is 18.2 Å². The Kier molecular flexibility index (Phi) is 4.93. The molecule has 19 heavy (non-hydrogen) atoms. The largest absolute Gasteiger partial charge is 0.416 e. The summed E-state index contributed by atoms with van der Waals surface area (Å²) < 4.78 is 6.12. The number of aldehydes is 1. The van der Waals surface area contributed by atoms with Gasteiger partial charge in [-0.15, -0.1) is 0 Å². The van der Waals surface area contributed by atoms with Crippen molar-refractivity contribution in [3.63, 3.8) is 0 Å². The van der Waals surface area contributed by atoms with E-state index in [-0.39, 0.29) is 5.04 Å². The molecule has 0 unspecified atom stereocenters. The Balaban J connectivity index is 2.67. The van der Waals surface area contributed by atoms with Crippen molar-refractivity contribution >= 4 is 20.3 Å². The lowest BCUT2D eigenvalue weighted by atomic mass is 10.1. The minimum Gasteiger partial charge on any atom is -0.416 e. The first-order chi connectivity index (χ1) is 8.69. The molecule has 106 valence electrons. The highest BCUT2D eigenvalue weighted by atomic mass is 28.4. The first-order valence-electron chi connectivity index (χ1n) is 6.65. The standard InChI is InChI=1S/C15H25NO2Si/c1-15(2,3)19(4,5)18-10-9-12-7-6-8-13(11-17)14(12)16/h6-8,11H,9-10,16H2,1-5H3. The monoisotopic (exact) mass is 279 g/mol. The van der Waals surface area contributed by atoms with Gasteiger partial charge in [0.2, 0.25) is 0 Å². The molecular formula is C15H25NO2Si. The number of nitrogens with two attached hydrogens (primary N) is 1. The van der Waals surface area contributed by atoms with Gasteiger partial charge in [-0.25, -0.2) is 0 Å². The average molecular weight is 279 g/mol. The fraction of sp³-hybridized carbons (Fsp3) is 0.533. The van der Waals surface area contributed by atoms with Crippen LogP contribution in [0, 0.1) is 0 Å². The zero-order valence-electron chi connectivity index (χ0n) is 12.6. The third-order valence-electron chi connectivity index (χ3n) is 4.00. The van der Waals surface area contributed by atoms with Crippen molar-refractivity contribution in [1.82, 2.24) is 0 Å². The minimum atomic E-state index is -1.71. The van der Waals surface area contributed by atoms with Crippen LogP contribution in [0.3, 0.4) is 0 Å². The number of rotatable bonds is 5. The van der Waals surface area contributed by atoms with Gasteiger partial charge < -0.3 is 10.2 Å². The SMILES string of the molecule is CC(C)(C)[Si](C)(C)OCCc1cccc(C=O)c1N. The van der Waals surface area contributed by atoms with Gasteiger partial charge in [-0.05, 0) is 36.2 Å². The maximum atomic E-state index is 10.8. The molecule has 0 aliphatic heterocycles. The fourth-order valence-electron chi connectivity index (χ4n) is 1.59. The van der Waals surface area contributed by atoms with Crippen molar-refractivity contribution < 1.29 is 9.22 Å². The zero-order valence-corrected chi connectivity index (χ0v) is 13.6. The normalized spacial score (nSPS) is 12.5. The van der Waals surface area contributed by atoms with Crippen molar-refractivity contribution in [3.05, 3.63) is 29.3 Å². The molecule has 1 rings (SSSR count). The second kappa shape index (κ2) is 5.88. The predicted molar refractivity (Wildman–Crippen MR) is 83.1 cm³/mol. The van der Waals surface area contributed by atoms with E-state index in [1.54, 1.807) is 6.07 Å². The zero-order chi connectivity index (χ0) is 14.7. The van der Waals surface area contributed by atoms with Gasteiger partial charge in [0.1, 0.15) is 0 Å². The fourth-order valence-corrected chi connectivity index (χ4v) is 2.63. The van der Waals surface area contributed by atoms with Crippen molar-refractivity contribution in [2.75, 3.05) is 12.3 Å². The van der Waals surface area contributed by atoms with E-state index in [1.807, 2.05) is 12.1 Å². The minimum absolute atomic E-state index is 0.211. The van der Waals surface area contributed by atoms with Gasteiger partial charge in [0, 0.05) is 17.9 Å². The van der Waals surface area contributed by atoms with E-state index >= 15 is 0 Å². The molecule has 3 nitrogen and oxygen atoms in total. The second-order valence-electron chi connectivity index (χ2n) is 6.40. The molecule has 0 spiro atoms. The van der Waals surface area contributed by atoms with E-state index < -0.39 is 8.32 Å². The highest BCUT2D eigenvalue weighted by Gasteiger charge is 2.36. The number of benzene rings is 1. The van der Waals surface area contributed by atoms with E-state index in [1.165, 1.54) is 0 Å². The molecule has 4 heteroatoms. The molecule has 0 fully saturated rings. The van der Waals surface area contributed by atoms with Crippen molar-refractivity contribution in [1.29, 1.82) is 0 Å². The third kappa shape index (κ3) is 3.91. The molecule has 0 amide bonds. The lowest BCUT2D eigenvalue weighted by molar-refractivity contribution is 0.112. The van der Waals surface area contributed by atoms with E-state index in [4.69, 9.17) is 10.2 Å². The average Bonchev–Trinajstić information content (AvgIpc) is 2.29. The van der Waals surface area contributed by atoms with Crippen molar-refractivity contribution in [2.24, 2.45) is 0 Å². The quantitative estimate of drug-likeness (QED) is 0.508. The lowest BCUT2D eigenvalue weighted by Crippen LogP contribution is -2.41. The van der Waals surface area contributed by atoms with E-state index in [9.17, 15) is 4.79 Å². The lowest BCUT2D eigenvalue weighted by Gasteiger charge is -2.36. The van der Waals surface area contributed by atoms with Crippen LogP contribution in [0.4, 0.5) is 5.69 Å². The summed E-state index contributed by atoms with van der Waals surface area (Å²) in [4.78, 5) is 10.8. The maximum Gasteiger partial charge on any atom is 0.191 e. The summed E-state index contributed by atoms with van der Waals surface area (Å²) in [7, 11) is -1.71. The molecule has 2 N–H and O–H groups in total. The summed E-state index contributed by atoms with van der Waals surface area (Å²) >= 11 is 0. The maximum absolute atomic E-state index is 10.8. The first kappa shape index (κ1) is 15.9. The number of nitrogen functional groups attached to an aromatic ring is 1. The van der Waals surface area contributed by atoms with Crippen LogP contribution in [0.25, 0.3) is 0 Å². The predicted octanol–water partition coefficient (Wildman–Crippen LogP) is 3.65. The van der Waals surface area contributed by atoms with Crippen LogP contribution in [0.1, 0.15) is 36.7 Å². The van der Waals surface area contributed by atoms with Crippen molar-refractivity contribution in [3.8, 4) is 0 Å². The Morgan fingerprint density at radius 3 is 2.47 bits per heavy atom. The Morgan fingerprint density at radius 2 is 1.95 bits per heavy atom. The van der Waals surface area contributed by atoms with Gasteiger partial charge in [0.05, 0.1) is 0 Å². The second-order valence-corrected chi connectivity index (χ2v) is 11.2. The van der Waals surface area contributed by atoms with Crippen LogP contribution in [-0.2, 0) is 10.8 Å². The molecule has 0 atom stereocenters. The summed E-state index contributed by atoms with van der Waals surface area (Å²) in [5, 5.41) is 0.211. The van der Waals surface area contributed by atoms with Crippen LogP contribution in [0.5, 0.6) is 0 Å². The smallest absolute Gasteiger partial charge is 0.191 e. The number of carbonyl (C=O) groups is 1. The van der Waals surface area contributed by atoms with E-state index in [2.05, 4.69) is 33.9 Å². The van der Waals surface area contributed by atoms with Gasteiger partial charge >= 0.3 is 0 Å². The summed E-state index contributed by atoms with van der Waals surface area (Å²) in [5.74, 6) is 0. The van der Waals surface area contributed by atoms with Gasteiger partial charge in [0.15, 0.2) is 14.6 Å². The van der Waals surface area contributed by atoms with Gasteiger partial charge in [0.25, 0.3) is 0 Å². The molecule has 0 radical (unpaired) electrons. The molecule has 0 aromatic heterocycles. The summed E-state index contributed by atoms with van der Waals surface area (Å²) in [6, 6.07) is 5.56. The molecule has 1 aromatic rings. The van der Waals surface area contributed by atoms with E-state index in [0.29, 0.717) is 17.9 Å².